The van der Waals surface area contributed by atoms with Crippen molar-refractivity contribution in [1.82, 2.24) is 9.88 Å². The number of nitrogens with zero attached hydrogens (tertiary/aromatic N) is 2. The molecule has 0 aliphatic rings. The summed E-state index contributed by atoms with van der Waals surface area (Å²) in [5.41, 5.74) is 6.43. The summed E-state index contributed by atoms with van der Waals surface area (Å²) in [6, 6.07) is 2.01. The Morgan fingerprint density at radius 1 is 1.47 bits per heavy atom. The Kier molecular flexibility index (Phi) is 5.51. The van der Waals surface area contributed by atoms with E-state index in [4.69, 9.17) is 17.3 Å². The minimum atomic E-state index is 0.297. The van der Waals surface area contributed by atoms with Crippen LogP contribution in [0.4, 0.5) is 11.5 Å². The lowest BCUT2D eigenvalue weighted by Crippen LogP contribution is -2.35. The highest BCUT2D eigenvalue weighted by Gasteiger charge is 2.09. The fraction of sp³-hybridized carbons (Fsp3) is 0.583. The largest absolute Gasteiger partial charge is 0.396 e. The predicted molar refractivity (Wildman–Crippen MR) is 74.5 cm³/mol. The van der Waals surface area contributed by atoms with Crippen molar-refractivity contribution in [2.75, 3.05) is 30.7 Å². The molecule has 5 heteroatoms. The molecule has 1 heterocycles. The zero-order chi connectivity index (χ0) is 12.8. The van der Waals surface area contributed by atoms with Crippen molar-refractivity contribution in [3.63, 3.8) is 0 Å². The third kappa shape index (κ3) is 4.40. The third-order valence-electron chi connectivity index (χ3n) is 2.69. The van der Waals surface area contributed by atoms with Crippen LogP contribution in [0.15, 0.2) is 12.3 Å². The molecule has 0 amide bonds. The van der Waals surface area contributed by atoms with Gasteiger partial charge in [-0.2, -0.15) is 0 Å². The summed E-state index contributed by atoms with van der Waals surface area (Å²) < 4.78 is 0. The van der Waals surface area contributed by atoms with E-state index in [1.54, 1.807) is 12.3 Å². The predicted octanol–water partition coefficient (Wildman–Crippen LogP) is 2.46. The second-order valence-corrected chi connectivity index (χ2v) is 4.56. The zero-order valence-corrected chi connectivity index (χ0v) is 11.5. The molecule has 1 rings (SSSR count). The number of halogens is 1. The first-order valence-corrected chi connectivity index (χ1v) is 6.34. The van der Waals surface area contributed by atoms with Gasteiger partial charge >= 0.3 is 0 Å². The molecule has 0 saturated carbocycles. The van der Waals surface area contributed by atoms with E-state index in [0.29, 0.717) is 22.6 Å². The van der Waals surface area contributed by atoms with Crippen molar-refractivity contribution in [2.45, 2.75) is 26.8 Å². The summed E-state index contributed by atoms with van der Waals surface area (Å²) in [7, 11) is 0. The van der Waals surface area contributed by atoms with Crippen molar-refractivity contribution < 1.29 is 0 Å². The first-order chi connectivity index (χ1) is 8.06. The summed E-state index contributed by atoms with van der Waals surface area (Å²) in [5.74, 6) is 0.703. The molecule has 0 radical (unpaired) electrons. The molecular weight excluding hydrogens is 236 g/mol. The molecule has 0 aliphatic heterocycles. The van der Waals surface area contributed by atoms with Crippen LogP contribution < -0.4 is 11.1 Å². The van der Waals surface area contributed by atoms with Crippen LogP contribution in [0.2, 0.25) is 5.02 Å². The monoisotopic (exact) mass is 256 g/mol. The van der Waals surface area contributed by atoms with Crippen LogP contribution in [-0.4, -0.2) is 35.6 Å². The van der Waals surface area contributed by atoms with E-state index >= 15 is 0 Å². The van der Waals surface area contributed by atoms with Crippen LogP contribution in [0.1, 0.15) is 20.8 Å². The molecule has 1 unspecified atom stereocenters. The van der Waals surface area contributed by atoms with E-state index in [-0.39, 0.29) is 0 Å². The van der Waals surface area contributed by atoms with Gasteiger partial charge in [0.15, 0.2) is 0 Å². The zero-order valence-electron chi connectivity index (χ0n) is 10.7. The Hall–Kier alpha value is -1.00. The Balaban J connectivity index is 2.58. The molecule has 17 heavy (non-hydrogen) atoms. The maximum Gasteiger partial charge on any atom is 0.149 e. The maximum atomic E-state index is 5.84. The molecule has 0 aromatic carbocycles. The maximum absolute atomic E-state index is 5.84. The Morgan fingerprint density at radius 3 is 2.65 bits per heavy atom. The fourth-order valence-corrected chi connectivity index (χ4v) is 1.89. The lowest BCUT2D eigenvalue weighted by molar-refractivity contribution is 0.294. The van der Waals surface area contributed by atoms with Gasteiger partial charge in [0.2, 0.25) is 0 Å². The van der Waals surface area contributed by atoms with Crippen molar-refractivity contribution >= 4 is 23.1 Å². The van der Waals surface area contributed by atoms with E-state index < -0.39 is 0 Å². The van der Waals surface area contributed by atoms with Crippen LogP contribution in [0.5, 0.6) is 0 Å². The lowest BCUT2D eigenvalue weighted by atomic mass is 10.3. The second-order valence-electron chi connectivity index (χ2n) is 4.12. The smallest absolute Gasteiger partial charge is 0.149 e. The number of nitrogens with two attached hydrogens (primary N) is 1. The summed E-state index contributed by atoms with van der Waals surface area (Å²) in [5, 5.41) is 3.86. The summed E-state index contributed by atoms with van der Waals surface area (Å²) in [4.78, 5) is 6.54. The minimum Gasteiger partial charge on any atom is -0.396 e. The molecule has 0 fully saturated rings. The highest BCUT2D eigenvalue weighted by molar-refractivity contribution is 6.30. The number of likely N-dealkylation sites (N-methyl/N-ethyl adjacent to an activating group) is 1. The summed E-state index contributed by atoms with van der Waals surface area (Å²) in [6.07, 6.45) is 1.60. The molecule has 1 atom stereocenters. The van der Waals surface area contributed by atoms with Gasteiger partial charge in [-0.1, -0.05) is 25.4 Å². The van der Waals surface area contributed by atoms with E-state index in [9.17, 15) is 0 Å². The Morgan fingerprint density at radius 2 is 2.12 bits per heavy atom. The first kappa shape index (κ1) is 14.1. The number of nitrogen functional groups attached to an aromatic ring is 1. The van der Waals surface area contributed by atoms with E-state index in [0.717, 1.165) is 19.6 Å². The van der Waals surface area contributed by atoms with Crippen LogP contribution >= 0.6 is 11.6 Å². The van der Waals surface area contributed by atoms with Crippen molar-refractivity contribution in [2.24, 2.45) is 0 Å². The molecule has 0 saturated heterocycles. The number of aromatic nitrogens is 1. The quantitative estimate of drug-likeness (QED) is 0.821. The Bertz CT molecular complexity index is 352. The van der Waals surface area contributed by atoms with E-state index in [1.165, 1.54) is 0 Å². The number of hydrogen-bond acceptors (Lipinski definition) is 4. The Labute approximate surface area is 108 Å². The number of nitrogens with one attached hydrogen (secondary N) is 1. The molecule has 96 valence electrons. The van der Waals surface area contributed by atoms with Gasteiger partial charge in [-0.05, 0) is 26.1 Å². The average molecular weight is 257 g/mol. The highest BCUT2D eigenvalue weighted by atomic mass is 35.5. The van der Waals surface area contributed by atoms with Crippen LogP contribution in [-0.2, 0) is 0 Å². The number of rotatable bonds is 6. The average Bonchev–Trinajstić information content (AvgIpc) is 2.29. The van der Waals surface area contributed by atoms with Gasteiger partial charge < -0.3 is 16.0 Å². The summed E-state index contributed by atoms with van der Waals surface area (Å²) in [6.45, 7) is 9.50. The van der Waals surface area contributed by atoms with Crippen LogP contribution in [0, 0.1) is 0 Å². The normalized spacial score (nSPS) is 12.8. The molecule has 3 N–H and O–H groups in total. The van der Waals surface area contributed by atoms with Gasteiger partial charge in [-0.25, -0.2) is 4.98 Å². The lowest BCUT2D eigenvalue weighted by Gasteiger charge is -2.24. The van der Waals surface area contributed by atoms with Gasteiger partial charge in [0, 0.05) is 18.8 Å². The van der Waals surface area contributed by atoms with Crippen LogP contribution in [0.25, 0.3) is 0 Å². The highest BCUT2D eigenvalue weighted by Crippen LogP contribution is 2.20. The SMILES string of the molecule is CCN(CC)CC(C)Nc1ncc(Cl)cc1N. The molecule has 4 nitrogen and oxygen atoms in total. The molecule has 0 bridgehead atoms. The molecule has 0 spiro atoms. The molecule has 0 aliphatic carbocycles. The van der Waals surface area contributed by atoms with Gasteiger partial charge in [-0.3, -0.25) is 0 Å². The van der Waals surface area contributed by atoms with E-state index in [2.05, 4.69) is 36.0 Å². The minimum absolute atomic E-state index is 0.297. The standard InChI is InChI=1S/C12H21ClN4/c1-4-17(5-2)8-9(3)16-12-11(14)6-10(13)7-15-12/h6-7,9H,4-5,8,14H2,1-3H3,(H,15,16). The number of anilines is 2. The van der Waals surface area contributed by atoms with E-state index in [1.807, 2.05) is 0 Å². The third-order valence-corrected chi connectivity index (χ3v) is 2.90. The number of hydrogen-bond donors (Lipinski definition) is 2. The van der Waals surface area contributed by atoms with Gasteiger partial charge in [0.05, 0.1) is 10.7 Å². The molecular formula is C12H21ClN4. The first-order valence-electron chi connectivity index (χ1n) is 5.96. The molecule has 1 aromatic rings. The van der Waals surface area contributed by atoms with Crippen LogP contribution in [0.3, 0.4) is 0 Å². The van der Waals surface area contributed by atoms with Crippen molar-refractivity contribution in [3.05, 3.63) is 17.3 Å². The van der Waals surface area contributed by atoms with Gasteiger partial charge in [-0.15, -0.1) is 0 Å². The number of pyridine rings is 1. The second kappa shape index (κ2) is 6.67. The summed E-state index contributed by atoms with van der Waals surface area (Å²) >= 11 is 5.80. The molecule has 1 aromatic heterocycles. The van der Waals surface area contributed by atoms with Gasteiger partial charge in [0.25, 0.3) is 0 Å². The van der Waals surface area contributed by atoms with Crippen molar-refractivity contribution in [3.8, 4) is 0 Å². The van der Waals surface area contributed by atoms with Crippen molar-refractivity contribution in [1.29, 1.82) is 0 Å². The topological polar surface area (TPSA) is 54.2 Å². The fourth-order valence-electron chi connectivity index (χ4n) is 1.72. The van der Waals surface area contributed by atoms with Gasteiger partial charge in [0.1, 0.15) is 5.82 Å².